The predicted octanol–water partition coefficient (Wildman–Crippen LogP) is 3.13. The topological polar surface area (TPSA) is 61.8 Å². The van der Waals surface area contributed by atoms with Gasteiger partial charge in [0.15, 0.2) is 0 Å². The third kappa shape index (κ3) is 5.14. The SMILES string of the molecule is COC(=O)c1ccc(OCCCOc2ccc(C=O)cc2)cc1. The van der Waals surface area contributed by atoms with E-state index in [-0.39, 0.29) is 5.97 Å². The predicted molar refractivity (Wildman–Crippen MR) is 85.2 cm³/mol. The molecule has 2 rings (SSSR count). The fraction of sp³-hybridized carbons (Fsp3) is 0.222. The van der Waals surface area contributed by atoms with E-state index in [1.54, 1.807) is 48.5 Å². The molecule has 2 aromatic rings. The monoisotopic (exact) mass is 314 g/mol. The maximum Gasteiger partial charge on any atom is 0.337 e. The van der Waals surface area contributed by atoms with Gasteiger partial charge >= 0.3 is 5.97 Å². The van der Waals surface area contributed by atoms with Gasteiger partial charge in [-0.1, -0.05) is 0 Å². The molecule has 0 saturated heterocycles. The highest BCUT2D eigenvalue weighted by Gasteiger charge is 2.04. The summed E-state index contributed by atoms with van der Waals surface area (Å²) in [5.41, 5.74) is 1.11. The lowest BCUT2D eigenvalue weighted by atomic mass is 10.2. The number of rotatable bonds is 8. The summed E-state index contributed by atoms with van der Waals surface area (Å²) in [6.45, 7) is 1.02. The second kappa shape index (κ2) is 8.58. The van der Waals surface area contributed by atoms with E-state index in [9.17, 15) is 9.59 Å². The van der Waals surface area contributed by atoms with Crippen molar-refractivity contribution < 1.29 is 23.8 Å². The van der Waals surface area contributed by atoms with Gasteiger partial charge in [-0.05, 0) is 48.5 Å². The summed E-state index contributed by atoms with van der Waals surface area (Å²) >= 11 is 0. The van der Waals surface area contributed by atoms with Crippen LogP contribution in [0.1, 0.15) is 27.1 Å². The Balaban J connectivity index is 1.68. The van der Waals surface area contributed by atoms with Crippen LogP contribution in [0, 0.1) is 0 Å². The van der Waals surface area contributed by atoms with E-state index < -0.39 is 0 Å². The van der Waals surface area contributed by atoms with Crippen molar-refractivity contribution in [2.75, 3.05) is 20.3 Å². The molecule has 120 valence electrons. The summed E-state index contributed by atoms with van der Waals surface area (Å²) < 4.78 is 15.8. The van der Waals surface area contributed by atoms with E-state index >= 15 is 0 Å². The van der Waals surface area contributed by atoms with Crippen LogP contribution in [0.5, 0.6) is 11.5 Å². The Morgan fingerprint density at radius 2 is 1.43 bits per heavy atom. The van der Waals surface area contributed by atoms with Crippen LogP contribution >= 0.6 is 0 Å². The minimum absolute atomic E-state index is 0.370. The first kappa shape index (κ1) is 16.5. The molecule has 0 aliphatic rings. The fourth-order valence-corrected chi connectivity index (χ4v) is 1.89. The zero-order valence-corrected chi connectivity index (χ0v) is 12.9. The van der Waals surface area contributed by atoms with Gasteiger partial charge in [0, 0.05) is 12.0 Å². The van der Waals surface area contributed by atoms with Crippen molar-refractivity contribution in [2.24, 2.45) is 0 Å². The first-order valence-electron chi connectivity index (χ1n) is 7.22. The number of methoxy groups -OCH3 is 1. The quantitative estimate of drug-likeness (QED) is 0.425. The Morgan fingerprint density at radius 1 is 0.913 bits per heavy atom. The second-order valence-electron chi connectivity index (χ2n) is 4.75. The number of esters is 1. The number of hydrogen-bond donors (Lipinski definition) is 0. The van der Waals surface area contributed by atoms with Gasteiger partial charge < -0.3 is 14.2 Å². The third-order valence-corrected chi connectivity index (χ3v) is 3.12. The number of ether oxygens (including phenoxy) is 3. The Hall–Kier alpha value is -2.82. The van der Waals surface area contributed by atoms with Crippen molar-refractivity contribution in [3.63, 3.8) is 0 Å². The summed E-state index contributed by atoms with van der Waals surface area (Å²) in [6, 6.07) is 13.7. The number of carbonyl (C=O) groups is 2. The molecule has 0 N–H and O–H groups in total. The highest BCUT2D eigenvalue weighted by molar-refractivity contribution is 5.89. The van der Waals surface area contributed by atoms with Crippen LogP contribution in [0.25, 0.3) is 0 Å². The molecule has 2 aromatic carbocycles. The van der Waals surface area contributed by atoms with Crippen LogP contribution in [-0.4, -0.2) is 32.6 Å². The molecule has 0 radical (unpaired) electrons. The standard InChI is InChI=1S/C18H18O5/c1-21-18(20)15-5-9-17(10-6-15)23-12-2-11-22-16-7-3-14(13-19)4-8-16/h3-10,13H,2,11-12H2,1H3. The van der Waals surface area contributed by atoms with Crippen molar-refractivity contribution in [3.8, 4) is 11.5 Å². The summed E-state index contributed by atoms with van der Waals surface area (Å²) in [4.78, 5) is 21.8. The van der Waals surface area contributed by atoms with Crippen LogP contribution in [0.15, 0.2) is 48.5 Å². The van der Waals surface area contributed by atoms with Crippen molar-refractivity contribution >= 4 is 12.3 Å². The van der Waals surface area contributed by atoms with Gasteiger partial charge in [0.05, 0.1) is 25.9 Å². The van der Waals surface area contributed by atoms with Crippen LogP contribution in [0.4, 0.5) is 0 Å². The summed E-state index contributed by atoms with van der Waals surface area (Å²) in [6.07, 6.45) is 1.51. The molecule has 0 fully saturated rings. The van der Waals surface area contributed by atoms with Gasteiger partial charge in [-0.25, -0.2) is 4.79 Å². The minimum Gasteiger partial charge on any atom is -0.493 e. The number of carbonyl (C=O) groups excluding carboxylic acids is 2. The lowest BCUT2D eigenvalue weighted by molar-refractivity contribution is 0.0600. The van der Waals surface area contributed by atoms with Gasteiger partial charge in [0.2, 0.25) is 0 Å². The Kier molecular flexibility index (Phi) is 6.17. The molecule has 0 bridgehead atoms. The van der Waals surface area contributed by atoms with Crippen LogP contribution in [-0.2, 0) is 4.74 Å². The van der Waals surface area contributed by atoms with Crippen molar-refractivity contribution in [3.05, 3.63) is 59.7 Å². The van der Waals surface area contributed by atoms with E-state index in [0.717, 1.165) is 12.0 Å². The van der Waals surface area contributed by atoms with Crippen molar-refractivity contribution in [1.82, 2.24) is 0 Å². The maximum absolute atomic E-state index is 11.3. The number of hydrogen-bond acceptors (Lipinski definition) is 5. The zero-order chi connectivity index (χ0) is 16.5. The molecule has 0 atom stereocenters. The van der Waals surface area contributed by atoms with Crippen molar-refractivity contribution in [2.45, 2.75) is 6.42 Å². The van der Waals surface area contributed by atoms with Crippen LogP contribution < -0.4 is 9.47 Å². The molecule has 0 amide bonds. The molecule has 0 saturated carbocycles. The Labute approximate surface area is 134 Å². The van der Waals surface area contributed by atoms with Gasteiger partial charge in [-0.15, -0.1) is 0 Å². The molecule has 0 aromatic heterocycles. The molecule has 0 unspecified atom stereocenters. The lowest BCUT2D eigenvalue weighted by Gasteiger charge is -2.08. The van der Waals surface area contributed by atoms with E-state index in [1.165, 1.54) is 7.11 Å². The van der Waals surface area contributed by atoms with E-state index in [4.69, 9.17) is 9.47 Å². The average molecular weight is 314 g/mol. The third-order valence-electron chi connectivity index (χ3n) is 3.12. The zero-order valence-electron chi connectivity index (χ0n) is 12.9. The molecule has 5 heteroatoms. The Morgan fingerprint density at radius 3 is 1.91 bits per heavy atom. The molecule has 23 heavy (non-hydrogen) atoms. The molecule has 0 heterocycles. The first-order valence-corrected chi connectivity index (χ1v) is 7.22. The number of benzene rings is 2. The summed E-state index contributed by atoms with van der Waals surface area (Å²) in [5.74, 6) is 1.04. The highest BCUT2D eigenvalue weighted by atomic mass is 16.5. The number of aldehydes is 1. The van der Waals surface area contributed by atoms with Crippen LogP contribution in [0.2, 0.25) is 0 Å². The second-order valence-corrected chi connectivity index (χ2v) is 4.75. The van der Waals surface area contributed by atoms with Crippen molar-refractivity contribution in [1.29, 1.82) is 0 Å². The first-order chi connectivity index (χ1) is 11.2. The minimum atomic E-state index is -0.370. The van der Waals surface area contributed by atoms with Gasteiger partial charge in [-0.3, -0.25) is 4.79 Å². The van der Waals surface area contributed by atoms with Gasteiger partial charge in [0.1, 0.15) is 17.8 Å². The normalized spacial score (nSPS) is 9.96. The van der Waals surface area contributed by atoms with Gasteiger partial charge in [0.25, 0.3) is 0 Å². The average Bonchev–Trinajstić information content (AvgIpc) is 2.62. The molecule has 5 nitrogen and oxygen atoms in total. The largest absolute Gasteiger partial charge is 0.493 e. The molecule has 0 aliphatic heterocycles. The van der Waals surface area contributed by atoms with E-state index in [1.807, 2.05) is 0 Å². The van der Waals surface area contributed by atoms with E-state index in [0.29, 0.717) is 36.5 Å². The van der Waals surface area contributed by atoms with Gasteiger partial charge in [-0.2, -0.15) is 0 Å². The molecular formula is C18H18O5. The Bertz CT molecular complexity index is 631. The summed E-state index contributed by atoms with van der Waals surface area (Å²) in [5, 5.41) is 0. The smallest absolute Gasteiger partial charge is 0.337 e. The molecule has 0 spiro atoms. The van der Waals surface area contributed by atoms with Crippen LogP contribution in [0.3, 0.4) is 0 Å². The molecular weight excluding hydrogens is 296 g/mol. The highest BCUT2D eigenvalue weighted by Crippen LogP contribution is 2.14. The summed E-state index contributed by atoms with van der Waals surface area (Å²) in [7, 11) is 1.35. The lowest BCUT2D eigenvalue weighted by Crippen LogP contribution is -2.05. The van der Waals surface area contributed by atoms with E-state index in [2.05, 4.69) is 4.74 Å². The molecule has 0 aliphatic carbocycles. The fourth-order valence-electron chi connectivity index (χ4n) is 1.89. The maximum atomic E-state index is 11.3.